The molecule has 0 N–H and O–H groups in total. The Morgan fingerprint density at radius 2 is 2.33 bits per heavy atom. The number of hydrogen-bond acceptors (Lipinski definition) is 4. The SMILES string of the molecule is CCN1CCCC(c2cn3c(C(=O)OC)cccc3n2)C1. The predicted molar refractivity (Wildman–Crippen MR) is 80.6 cm³/mol. The zero-order valence-electron chi connectivity index (χ0n) is 12.6. The van der Waals surface area contributed by atoms with Crippen molar-refractivity contribution in [2.75, 3.05) is 26.7 Å². The van der Waals surface area contributed by atoms with E-state index in [2.05, 4.69) is 11.8 Å². The van der Waals surface area contributed by atoms with Crippen LogP contribution in [0.2, 0.25) is 0 Å². The van der Waals surface area contributed by atoms with Crippen LogP contribution in [-0.4, -0.2) is 47.0 Å². The van der Waals surface area contributed by atoms with Gasteiger partial charge in [-0.15, -0.1) is 0 Å². The topological polar surface area (TPSA) is 46.8 Å². The molecule has 1 aliphatic rings. The van der Waals surface area contributed by atoms with Crippen molar-refractivity contribution in [3.63, 3.8) is 0 Å². The number of piperidine rings is 1. The molecular formula is C16H21N3O2. The molecular weight excluding hydrogens is 266 g/mol. The summed E-state index contributed by atoms with van der Waals surface area (Å²) in [7, 11) is 1.40. The van der Waals surface area contributed by atoms with Crippen LogP contribution in [0.5, 0.6) is 0 Å². The second kappa shape index (κ2) is 5.85. The normalized spacial score (nSPS) is 19.8. The third-order valence-electron chi connectivity index (χ3n) is 4.28. The summed E-state index contributed by atoms with van der Waals surface area (Å²) in [5.74, 6) is 0.118. The molecule has 2 aromatic heterocycles. The molecule has 0 aromatic carbocycles. The number of imidazole rings is 1. The molecule has 112 valence electrons. The summed E-state index contributed by atoms with van der Waals surface area (Å²) in [5, 5.41) is 0. The van der Waals surface area contributed by atoms with Crippen molar-refractivity contribution in [2.45, 2.75) is 25.7 Å². The van der Waals surface area contributed by atoms with Gasteiger partial charge >= 0.3 is 5.97 Å². The average Bonchev–Trinajstić information content (AvgIpc) is 2.98. The Balaban J connectivity index is 1.95. The van der Waals surface area contributed by atoms with Crippen LogP contribution >= 0.6 is 0 Å². The third kappa shape index (κ3) is 2.65. The third-order valence-corrected chi connectivity index (χ3v) is 4.28. The number of esters is 1. The average molecular weight is 287 g/mol. The van der Waals surface area contributed by atoms with Gasteiger partial charge in [0.1, 0.15) is 11.3 Å². The second-order valence-electron chi connectivity index (χ2n) is 5.53. The second-order valence-corrected chi connectivity index (χ2v) is 5.53. The highest BCUT2D eigenvalue weighted by atomic mass is 16.5. The van der Waals surface area contributed by atoms with Crippen LogP contribution in [0.3, 0.4) is 0 Å². The van der Waals surface area contributed by atoms with Crippen LogP contribution in [0.25, 0.3) is 5.65 Å². The fraction of sp³-hybridized carbons (Fsp3) is 0.500. The number of likely N-dealkylation sites (N-methyl/N-ethyl adjacent to an activating group) is 1. The van der Waals surface area contributed by atoms with Crippen LogP contribution in [0.1, 0.15) is 41.9 Å². The van der Waals surface area contributed by atoms with E-state index in [1.165, 1.54) is 20.1 Å². The Labute approximate surface area is 124 Å². The number of methoxy groups -OCH3 is 1. The summed E-state index contributed by atoms with van der Waals surface area (Å²) in [4.78, 5) is 19.0. The smallest absolute Gasteiger partial charge is 0.355 e. The maximum atomic E-state index is 11.8. The molecule has 0 bridgehead atoms. The van der Waals surface area contributed by atoms with Crippen LogP contribution in [0.15, 0.2) is 24.4 Å². The highest BCUT2D eigenvalue weighted by Gasteiger charge is 2.23. The van der Waals surface area contributed by atoms with E-state index in [1.807, 2.05) is 22.7 Å². The zero-order chi connectivity index (χ0) is 14.8. The number of carbonyl (C=O) groups excluding carboxylic acids is 1. The molecule has 1 saturated heterocycles. The Hall–Kier alpha value is -1.88. The lowest BCUT2D eigenvalue weighted by molar-refractivity contribution is 0.0592. The van der Waals surface area contributed by atoms with Gasteiger partial charge < -0.3 is 9.64 Å². The molecule has 3 heterocycles. The lowest BCUT2D eigenvalue weighted by atomic mass is 9.95. The van der Waals surface area contributed by atoms with Crippen LogP contribution in [0.4, 0.5) is 0 Å². The molecule has 1 fully saturated rings. The minimum absolute atomic E-state index is 0.330. The first kappa shape index (κ1) is 14.1. The number of ether oxygens (including phenoxy) is 1. The lowest BCUT2D eigenvalue weighted by Gasteiger charge is -2.30. The van der Waals surface area contributed by atoms with Gasteiger partial charge in [0.25, 0.3) is 0 Å². The number of aromatic nitrogens is 2. The van der Waals surface area contributed by atoms with Gasteiger partial charge in [-0.05, 0) is 38.1 Å². The van der Waals surface area contributed by atoms with Crippen molar-refractivity contribution in [3.05, 3.63) is 35.8 Å². The highest BCUT2D eigenvalue weighted by molar-refractivity contribution is 5.88. The van der Waals surface area contributed by atoms with E-state index < -0.39 is 0 Å². The number of likely N-dealkylation sites (tertiary alicyclic amines) is 1. The van der Waals surface area contributed by atoms with Gasteiger partial charge in [-0.1, -0.05) is 13.0 Å². The van der Waals surface area contributed by atoms with Gasteiger partial charge in [0, 0.05) is 18.7 Å². The highest BCUT2D eigenvalue weighted by Crippen LogP contribution is 2.26. The fourth-order valence-electron chi connectivity index (χ4n) is 3.08. The van der Waals surface area contributed by atoms with Crippen molar-refractivity contribution >= 4 is 11.6 Å². The van der Waals surface area contributed by atoms with E-state index in [1.54, 1.807) is 6.07 Å². The maximum absolute atomic E-state index is 11.8. The van der Waals surface area contributed by atoms with E-state index in [0.29, 0.717) is 11.6 Å². The summed E-state index contributed by atoms with van der Waals surface area (Å²) in [6.07, 6.45) is 4.36. The minimum atomic E-state index is -0.330. The Bertz CT molecular complexity index is 650. The number of carbonyl (C=O) groups is 1. The van der Waals surface area contributed by atoms with Gasteiger partial charge in [-0.25, -0.2) is 9.78 Å². The number of nitrogens with zero attached hydrogens (tertiary/aromatic N) is 3. The summed E-state index contributed by atoms with van der Waals surface area (Å²) >= 11 is 0. The lowest BCUT2D eigenvalue weighted by Crippen LogP contribution is -2.34. The van der Waals surface area contributed by atoms with Crippen molar-refractivity contribution in [2.24, 2.45) is 0 Å². The summed E-state index contributed by atoms with van der Waals surface area (Å²) in [5.41, 5.74) is 2.41. The van der Waals surface area contributed by atoms with Crippen LogP contribution in [-0.2, 0) is 4.74 Å². The van der Waals surface area contributed by atoms with Crippen LogP contribution < -0.4 is 0 Å². The quantitative estimate of drug-likeness (QED) is 0.813. The summed E-state index contributed by atoms with van der Waals surface area (Å²) in [6.45, 7) is 5.50. The monoisotopic (exact) mass is 287 g/mol. The fourth-order valence-corrected chi connectivity index (χ4v) is 3.08. The molecule has 0 aliphatic carbocycles. The molecule has 1 unspecified atom stereocenters. The predicted octanol–water partition coefficient (Wildman–Crippen LogP) is 2.32. The van der Waals surface area contributed by atoms with Gasteiger partial charge in [0.05, 0.1) is 12.8 Å². The van der Waals surface area contributed by atoms with Crippen LogP contribution in [0, 0.1) is 0 Å². The Kier molecular flexibility index (Phi) is 3.92. The largest absolute Gasteiger partial charge is 0.464 e. The van der Waals surface area contributed by atoms with E-state index in [4.69, 9.17) is 9.72 Å². The molecule has 0 radical (unpaired) electrons. The molecule has 0 spiro atoms. The summed E-state index contributed by atoms with van der Waals surface area (Å²) in [6, 6.07) is 5.54. The van der Waals surface area contributed by atoms with Crippen molar-refractivity contribution in [1.29, 1.82) is 0 Å². The first-order chi connectivity index (χ1) is 10.2. The standard InChI is InChI=1S/C16H21N3O2/c1-3-18-9-5-6-12(10-18)13-11-19-14(16(20)21-2)7-4-8-15(19)17-13/h4,7-8,11-12H,3,5-6,9-10H2,1-2H3. The molecule has 21 heavy (non-hydrogen) atoms. The van der Waals surface area contributed by atoms with Crippen molar-refractivity contribution in [3.8, 4) is 0 Å². The molecule has 5 nitrogen and oxygen atoms in total. The molecule has 0 saturated carbocycles. The number of pyridine rings is 1. The maximum Gasteiger partial charge on any atom is 0.355 e. The molecule has 5 heteroatoms. The van der Waals surface area contributed by atoms with Gasteiger partial charge in [0.15, 0.2) is 0 Å². The first-order valence-electron chi connectivity index (χ1n) is 7.51. The van der Waals surface area contributed by atoms with Crippen molar-refractivity contribution < 1.29 is 9.53 Å². The Morgan fingerprint density at radius 1 is 1.48 bits per heavy atom. The first-order valence-corrected chi connectivity index (χ1v) is 7.51. The molecule has 1 atom stereocenters. The number of hydrogen-bond donors (Lipinski definition) is 0. The molecule has 2 aromatic rings. The number of fused-ring (bicyclic) bond motifs is 1. The summed E-state index contributed by atoms with van der Waals surface area (Å²) < 4.78 is 6.68. The van der Waals surface area contributed by atoms with Gasteiger partial charge in [-0.2, -0.15) is 0 Å². The molecule has 3 rings (SSSR count). The molecule has 1 aliphatic heterocycles. The molecule has 0 amide bonds. The van der Waals surface area contributed by atoms with Gasteiger partial charge in [-0.3, -0.25) is 4.40 Å². The van der Waals surface area contributed by atoms with E-state index in [0.717, 1.165) is 30.9 Å². The van der Waals surface area contributed by atoms with E-state index in [9.17, 15) is 4.79 Å². The Morgan fingerprint density at radius 3 is 3.10 bits per heavy atom. The zero-order valence-corrected chi connectivity index (χ0v) is 12.6. The van der Waals surface area contributed by atoms with Crippen molar-refractivity contribution in [1.82, 2.24) is 14.3 Å². The van der Waals surface area contributed by atoms with E-state index >= 15 is 0 Å². The van der Waals surface area contributed by atoms with Gasteiger partial charge in [0.2, 0.25) is 0 Å². The number of rotatable bonds is 3. The van der Waals surface area contributed by atoms with E-state index in [-0.39, 0.29) is 5.97 Å². The minimum Gasteiger partial charge on any atom is -0.464 e.